The van der Waals surface area contributed by atoms with Gasteiger partial charge in [-0.2, -0.15) is 5.26 Å². The Bertz CT molecular complexity index is 687. The summed E-state index contributed by atoms with van der Waals surface area (Å²) in [5, 5.41) is 17.5. The Balaban J connectivity index is 3.01. The van der Waals surface area contributed by atoms with Crippen molar-refractivity contribution in [2.45, 2.75) is 44.0 Å². The van der Waals surface area contributed by atoms with Crippen molar-refractivity contribution in [1.29, 1.82) is 5.26 Å². The van der Waals surface area contributed by atoms with Crippen LogP contribution in [0.1, 0.15) is 37.8 Å². The van der Waals surface area contributed by atoms with Crippen LogP contribution >= 0.6 is 0 Å². The summed E-state index contributed by atoms with van der Waals surface area (Å²) in [7, 11) is -3.77. The Morgan fingerprint density at radius 1 is 1.43 bits per heavy atom. The molecular weight excluding hydrogens is 292 g/mol. The highest BCUT2D eigenvalue weighted by atomic mass is 32.2. The fourth-order valence-electron chi connectivity index (χ4n) is 1.91. The Morgan fingerprint density at radius 2 is 2.05 bits per heavy atom. The number of carbonyl (C=O) groups is 1. The van der Waals surface area contributed by atoms with E-state index in [0.717, 1.165) is 0 Å². The largest absolute Gasteiger partial charge is 0.481 e. The number of benzene rings is 1. The zero-order valence-electron chi connectivity index (χ0n) is 12.2. The maximum Gasteiger partial charge on any atom is 0.303 e. The quantitative estimate of drug-likeness (QED) is 0.833. The lowest BCUT2D eigenvalue weighted by atomic mass is 10.0. The number of hydrogen-bond donors (Lipinski definition) is 2. The second kappa shape index (κ2) is 6.24. The van der Waals surface area contributed by atoms with E-state index in [1.165, 1.54) is 18.2 Å². The monoisotopic (exact) mass is 310 g/mol. The van der Waals surface area contributed by atoms with Gasteiger partial charge >= 0.3 is 5.97 Å². The molecule has 0 atom stereocenters. The molecule has 0 aliphatic carbocycles. The lowest BCUT2D eigenvalue weighted by Crippen LogP contribution is -2.43. The molecule has 7 heteroatoms. The van der Waals surface area contributed by atoms with Gasteiger partial charge in [-0.3, -0.25) is 4.79 Å². The average Bonchev–Trinajstić information content (AvgIpc) is 2.34. The molecule has 0 heterocycles. The standard InChI is InChI=1S/C14H18N2O4S/c1-10-8-11(9-15)4-5-12(10)21(19,20)16-14(2,3)7-6-13(17)18/h4-5,8,16H,6-7H2,1-3H3,(H,17,18). The summed E-state index contributed by atoms with van der Waals surface area (Å²) in [5.74, 6) is -0.975. The second-order valence-corrected chi connectivity index (χ2v) is 7.13. The molecule has 114 valence electrons. The Labute approximate surface area is 124 Å². The molecule has 0 saturated carbocycles. The number of carboxylic acids is 1. The Hall–Kier alpha value is -1.91. The van der Waals surface area contributed by atoms with Gasteiger partial charge < -0.3 is 5.11 Å². The summed E-state index contributed by atoms with van der Waals surface area (Å²) < 4.78 is 27.3. The van der Waals surface area contributed by atoms with Crippen LogP contribution in [0.5, 0.6) is 0 Å². The van der Waals surface area contributed by atoms with Crippen molar-refractivity contribution >= 4 is 16.0 Å². The van der Waals surface area contributed by atoms with Crippen molar-refractivity contribution in [2.24, 2.45) is 0 Å². The lowest BCUT2D eigenvalue weighted by molar-refractivity contribution is -0.137. The molecule has 0 aliphatic heterocycles. The van der Waals surface area contributed by atoms with E-state index >= 15 is 0 Å². The topological polar surface area (TPSA) is 107 Å². The van der Waals surface area contributed by atoms with Crippen molar-refractivity contribution in [3.63, 3.8) is 0 Å². The normalized spacial score (nSPS) is 11.9. The summed E-state index contributed by atoms with van der Waals surface area (Å²) >= 11 is 0. The van der Waals surface area contributed by atoms with Crippen molar-refractivity contribution in [2.75, 3.05) is 0 Å². The minimum Gasteiger partial charge on any atom is -0.481 e. The summed E-state index contributed by atoms with van der Waals surface area (Å²) in [5.41, 5.74) is -0.0236. The SMILES string of the molecule is Cc1cc(C#N)ccc1S(=O)(=O)NC(C)(C)CCC(=O)O. The molecule has 0 spiro atoms. The van der Waals surface area contributed by atoms with Crippen LogP contribution in [-0.4, -0.2) is 25.0 Å². The molecule has 0 amide bonds. The van der Waals surface area contributed by atoms with E-state index in [-0.39, 0.29) is 17.7 Å². The first kappa shape index (κ1) is 17.1. The molecule has 0 aliphatic rings. The van der Waals surface area contributed by atoms with E-state index in [0.29, 0.717) is 11.1 Å². The number of nitrogens with zero attached hydrogens (tertiary/aromatic N) is 1. The number of aliphatic carboxylic acids is 1. The Morgan fingerprint density at radius 3 is 2.52 bits per heavy atom. The van der Waals surface area contributed by atoms with Gasteiger partial charge in [0.25, 0.3) is 0 Å². The van der Waals surface area contributed by atoms with Gasteiger partial charge in [0.15, 0.2) is 0 Å². The third-order valence-corrected chi connectivity index (χ3v) is 4.83. The molecule has 0 bridgehead atoms. The molecule has 0 fully saturated rings. The molecule has 0 saturated heterocycles. The van der Waals surface area contributed by atoms with Gasteiger partial charge in [0, 0.05) is 12.0 Å². The highest BCUT2D eigenvalue weighted by Crippen LogP contribution is 2.20. The highest BCUT2D eigenvalue weighted by Gasteiger charge is 2.27. The zero-order chi connectivity index (χ0) is 16.3. The van der Waals surface area contributed by atoms with Crippen LogP contribution in [0, 0.1) is 18.3 Å². The number of carboxylic acid groups (broad SMARTS) is 1. The number of nitrogens with one attached hydrogen (secondary N) is 1. The smallest absolute Gasteiger partial charge is 0.303 e. The zero-order valence-corrected chi connectivity index (χ0v) is 13.0. The first-order valence-corrected chi connectivity index (χ1v) is 7.82. The number of rotatable bonds is 6. The predicted octanol–water partition coefficient (Wildman–Crippen LogP) is 1.79. The minimum absolute atomic E-state index is 0.0879. The van der Waals surface area contributed by atoms with Crippen molar-refractivity contribution in [1.82, 2.24) is 4.72 Å². The van der Waals surface area contributed by atoms with E-state index in [1.807, 2.05) is 6.07 Å². The first-order chi connectivity index (χ1) is 9.57. The average molecular weight is 310 g/mol. The Kier molecular flexibility index (Phi) is 5.10. The van der Waals surface area contributed by atoms with Crippen LogP contribution in [0.25, 0.3) is 0 Å². The second-order valence-electron chi connectivity index (χ2n) is 5.48. The molecule has 2 N–H and O–H groups in total. The molecule has 0 aromatic heterocycles. The van der Waals surface area contributed by atoms with E-state index in [4.69, 9.17) is 10.4 Å². The van der Waals surface area contributed by atoms with Crippen LogP contribution in [0.15, 0.2) is 23.1 Å². The number of hydrogen-bond acceptors (Lipinski definition) is 4. The van der Waals surface area contributed by atoms with Gasteiger partial charge in [0.1, 0.15) is 0 Å². The minimum atomic E-state index is -3.77. The molecule has 6 nitrogen and oxygen atoms in total. The van der Waals surface area contributed by atoms with Gasteiger partial charge in [-0.1, -0.05) is 0 Å². The highest BCUT2D eigenvalue weighted by molar-refractivity contribution is 7.89. The maximum absolute atomic E-state index is 12.4. The van der Waals surface area contributed by atoms with Crippen LogP contribution < -0.4 is 4.72 Å². The van der Waals surface area contributed by atoms with E-state index < -0.39 is 21.5 Å². The van der Waals surface area contributed by atoms with E-state index in [1.54, 1.807) is 20.8 Å². The predicted molar refractivity (Wildman–Crippen MR) is 77.2 cm³/mol. The number of nitriles is 1. The molecule has 1 aromatic rings. The van der Waals surface area contributed by atoms with E-state index in [9.17, 15) is 13.2 Å². The molecule has 0 unspecified atom stereocenters. The third-order valence-electron chi connectivity index (χ3n) is 2.97. The number of aryl methyl sites for hydroxylation is 1. The van der Waals surface area contributed by atoms with Gasteiger partial charge in [-0.05, 0) is 51.0 Å². The molecule has 21 heavy (non-hydrogen) atoms. The van der Waals surface area contributed by atoms with Crippen molar-refractivity contribution in [3.05, 3.63) is 29.3 Å². The van der Waals surface area contributed by atoms with E-state index in [2.05, 4.69) is 4.72 Å². The first-order valence-electron chi connectivity index (χ1n) is 6.34. The van der Waals surface area contributed by atoms with Crippen LogP contribution in [0.2, 0.25) is 0 Å². The van der Waals surface area contributed by atoms with Crippen LogP contribution in [0.4, 0.5) is 0 Å². The molecule has 1 aromatic carbocycles. The van der Waals surface area contributed by atoms with Crippen molar-refractivity contribution < 1.29 is 18.3 Å². The van der Waals surface area contributed by atoms with Gasteiger partial charge in [-0.25, -0.2) is 13.1 Å². The summed E-state index contributed by atoms with van der Waals surface area (Å²) in [6.07, 6.45) is 0.0543. The van der Waals surface area contributed by atoms with Crippen molar-refractivity contribution in [3.8, 4) is 6.07 Å². The summed E-state index contributed by atoms with van der Waals surface area (Å²) in [6, 6.07) is 6.26. The maximum atomic E-state index is 12.4. The fraction of sp³-hybridized carbons (Fsp3) is 0.429. The van der Waals surface area contributed by atoms with Gasteiger partial charge in [0.05, 0.1) is 16.5 Å². The van der Waals surface area contributed by atoms with Crippen LogP contribution in [0.3, 0.4) is 0 Å². The van der Waals surface area contributed by atoms with Crippen LogP contribution in [-0.2, 0) is 14.8 Å². The third kappa shape index (κ3) is 4.85. The lowest BCUT2D eigenvalue weighted by Gasteiger charge is -2.25. The fourth-order valence-corrected chi connectivity index (χ4v) is 3.58. The van der Waals surface area contributed by atoms with Gasteiger partial charge in [0.2, 0.25) is 10.0 Å². The summed E-state index contributed by atoms with van der Waals surface area (Å²) in [6.45, 7) is 4.87. The molecular formula is C14H18N2O4S. The molecule has 0 radical (unpaired) electrons. The number of sulfonamides is 1. The molecule has 1 rings (SSSR count). The summed E-state index contributed by atoms with van der Waals surface area (Å²) in [4.78, 5) is 10.7. The van der Waals surface area contributed by atoms with Gasteiger partial charge in [-0.15, -0.1) is 0 Å².